The normalized spacial score (nSPS) is 9.84. The number of unbranched alkanes of at least 4 members (excludes halogenated alkanes) is 1. The van der Waals surface area contributed by atoms with Crippen LogP contribution in [0.5, 0.6) is 5.75 Å². The first-order valence-electron chi connectivity index (χ1n) is 5.97. The molecule has 1 N–H and O–H groups in total. The van der Waals surface area contributed by atoms with E-state index < -0.39 is 0 Å². The standard InChI is InChI=1S/C13H14N4O2/c14-6-1-2-7-18-12-5-3-4-11(8-12)9-15-13-17-16-10-19-13/h3-5,8,10H,1-2,7,9H2,(H,15,17). The van der Waals surface area contributed by atoms with Crippen molar-refractivity contribution in [3.05, 3.63) is 36.2 Å². The van der Waals surface area contributed by atoms with Crippen molar-refractivity contribution in [1.29, 1.82) is 5.26 Å². The van der Waals surface area contributed by atoms with Gasteiger partial charge in [0.2, 0.25) is 6.39 Å². The van der Waals surface area contributed by atoms with E-state index in [1.54, 1.807) is 0 Å². The first-order chi connectivity index (χ1) is 9.38. The number of nitrogens with one attached hydrogen (secondary N) is 1. The fourth-order valence-corrected chi connectivity index (χ4v) is 1.51. The Balaban J connectivity index is 1.83. The molecule has 98 valence electrons. The number of nitrogens with zero attached hydrogens (tertiary/aromatic N) is 3. The highest BCUT2D eigenvalue weighted by Crippen LogP contribution is 2.14. The number of hydrogen-bond acceptors (Lipinski definition) is 6. The average molecular weight is 258 g/mol. The highest BCUT2D eigenvalue weighted by Gasteiger charge is 2.00. The lowest BCUT2D eigenvalue weighted by Gasteiger charge is -2.07. The van der Waals surface area contributed by atoms with Crippen molar-refractivity contribution in [1.82, 2.24) is 10.2 Å². The first kappa shape index (κ1) is 12.9. The maximum absolute atomic E-state index is 8.43. The van der Waals surface area contributed by atoms with Gasteiger partial charge in [0.25, 0.3) is 0 Å². The quantitative estimate of drug-likeness (QED) is 0.767. The smallest absolute Gasteiger partial charge is 0.315 e. The van der Waals surface area contributed by atoms with Crippen molar-refractivity contribution < 1.29 is 9.15 Å². The molecule has 0 saturated heterocycles. The summed E-state index contributed by atoms with van der Waals surface area (Å²) >= 11 is 0. The van der Waals surface area contributed by atoms with E-state index in [1.165, 1.54) is 6.39 Å². The van der Waals surface area contributed by atoms with Gasteiger partial charge in [-0.05, 0) is 24.1 Å². The molecule has 6 nitrogen and oxygen atoms in total. The third kappa shape index (κ3) is 4.32. The fraction of sp³-hybridized carbons (Fsp3) is 0.308. The second kappa shape index (κ2) is 7.01. The molecular formula is C13H14N4O2. The summed E-state index contributed by atoms with van der Waals surface area (Å²) in [6.45, 7) is 1.13. The van der Waals surface area contributed by atoms with Crippen LogP contribution in [0.4, 0.5) is 6.01 Å². The topological polar surface area (TPSA) is 84.0 Å². The molecule has 0 aliphatic rings. The van der Waals surface area contributed by atoms with Crippen molar-refractivity contribution in [2.75, 3.05) is 11.9 Å². The molecule has 0 radical (unpaired) electrons. The molecule has 0 saturated carbocycles. The summed E-state index contributed by atoms with van der Waals surface area (Å²) in [5.41, 5.74) is 1.05. The van der Waals surface area contributed by atoms with Crippen molar-refractivity contribution in [2.24, 2.45) is 0 Å². The molecule has 0 fully saturated rings. The van der Waals surface area contributed by atoms with Crippen LogP contribution in [0.3, 0.4) is 0 Å². The summed E-state index contributed by atoms with van der Waals surface area (Å²) in [7, 11) is 0. The van der Waals surface area contributed by atoms with Crippen molar-refractivity contribution in [3.8, 4) is 11.8 Å². The third-order valence-corrected chi connectivity index (χ3v) is 2.40. The van der Waals surface area contributed by atoms with Crippen LogP contribution in [-0.2, 0) is 6.54 Å². The minimum absolute atomic E-state index is 0.389. The van der Waals surface area contributed by atoms with Gasteiger partial charge in [0, 0.05) is 13.0 Å². The Hall–Kier alpha value is -2.55. The SMILES string of the molecule is N#CCCCOc1cccc(CNc2nnco2)c1. The van der Waals surface area contributed by atoms with E-state index in [0.717, 1.165) is 17.7 Å². The van der Waals surface area contributed by atoms with E-state index in [1.807, 2.05) is 24.3 Å². The summed E-state index contributed by atoms with van der Waals surface area (Å²) in [5.74, 6) is 0.794. The Morgan fingerprint density at radius 3 is 3.16 bits per heavy atom. The molecule has 0 spiro atoms. The molecule has 1 heterocycles. The van der Waals surface area contributed by atoms with Gasteiger partial charge in [-0.3, -0.25) is 0 Å². The summed E-state index contributed by atoms with van der Waals surface area (Å²) in [4.78, 5) is 0. The Labute approximate surface area is 111 Å². The molecule has 1 aromatic heterocycles. The third-order valence-electron chi connectivity index (χ3n) is 2.40. The molecule has 0 aliphatic heterocycles. The van der Waals surface area contributed by atoms with Gasteiger partial charge in [-0.15, -0.1) is 5.10 Å². The van der Waals surface area contributed by atoms with Crippen LogP contribution >= 0.6 is 0 Å². The molecule has 0 unspecified atom stereocenters. The Morgan fingerprint density at radius 2 is 2.37 bits per heavy atom. The van der Waals surface area contributed by atoms with Gasteiger partial charge in [0.1, 0.15) is 5.75 Å². The molecule has 0 bridgehead atoms. The van der Waals surface area contributed by atoms with Gasteiger partial charge < -0.3 is 14.5 Å². The van der Waals surface area contributed by atoms with Gasteiger partial charge in [-0.25, -0.2) is 0 Å². The largest absolute Gasteiger partial charge is 0.494 e. The molecule has 6 heteroatoms. The van der Waals surface area contributed by atoms with Crippen molar-refractivity contribution in [2.45, 2.75) is 19.4 Å². The van der Waals surface area contributed by atoms with Crippen molar-refractivity contribution in [3.63, 3.8) is 0 Å². The average Bonchev–Trinajstić information content (AvgIpc) is 2.95. The van der Waals surface area contributed by atoms with Gasteiger partial charge in [0.05, 0.1) is 12.7 Å². The van der Waals surface area contributed by atoms with Crippen LogP contribution in [0.25, 0.3) is 0 Å². The highest BCUT2D eigenvalue weighted by atomic mass is 16.5. The van der Waals surface area contributed by atoms with E-state index in [2.05, 4.69) is 21.6 Å². The predicted octanol–water partition coefficient (Wildman–Crippen LogP) is 2.36. The van der Waals surface area contributed by atoms with Crippen LogP contribution in [0, 0.1) is 11.3 Å². The fourth-order valence-electron chi connectivity index (χ4n) is 1.51. The number of anilines is 1. The van der Waals surface area contributed by atoms with Crippen molar-refractivity contribution >= 4 is 6.01 Å². The Kier molecular flexibility index (Phi) is 4.76. The van der Waals surface area contributed by atoms with Crippen LogP contribution in [-0.4, -0.2) is 16.8 Å². The highest BCUT2D eigenvalue weighted by molar-refractivity contribution is 5.31. The van der Waals surface area contributed by atoms with Gasteiger partial charge in [-0.1, -0.05) is 17.2 Å². The summed E-state index contributed by atoms with van der Waals surface area (Å²) in [6, 6.07) is 10.2. The van der Waals surface area contributed by atoms with E-state index >= 15 is 0 Å². The van der Waals surface area contributed by atoms with Gasteiger partial charge in [-0.2, -0.15) is 5.26 Å². The Morgan fingerprint density at radius 1 is 1.42 bits per heavy atom. The van der Waals surface area contributed by atoms with Crippen LogP contribution < -0.4 is 10.1 Å². The van der Waals surface area contributed by atoms with Crippen LogP contribution in [0.2, 0.25) is 0 Å². The van der Waals surface area contributed by atoms with E-state index in [-0.39, 0.29) is 0 Å². The molecule has 19 heavy (non-hydrogen) atoms. The zero-order valence-corrected chi connectivity index (χ0v) is 10.4. The second-order valence-corrected chi connectivity index (χ2v) is 3.85. The predicted molar refractivity (Wildman–Crippen MR) is 68.4 cm³/mol. The van der Waals surface area contributed by atoms with Crippen LogP contribution in [0.1, 0.15) is 18.4 Å². The van der Waals surface area contributed by atoms with E-state index in [4.69, 9.17) is 14.4 Å². The molecule has 0 aliphatic carbocycles. The van der Waals surface area contributed by atoms with E-state index in [9.17, 15) is 0 Å². The minimum Gasteiger partial charge on any atom is -0.494 e. The van der Waals surface area contributed by atoms with Gasteiger partial charge >= 0.3 is 6.01 Å². The second-order valence-electron chi connectivity index (χ2n) is 3.85. The molecule has 0 amide bonds. The molecular weight excluding hydrogens is 244 g/mol. The summed E-state index contributed by atoms with van der Waals surface area (Å²) in [5, 5.41) is 18.8. The number of ether oxygens (including phenoxy) is 1. The molecule has 1 aromatic carbocycles. The lowest BCUT2D eigenvalue weighted by atomic mass is 10.2. The number of benzene rings is 1. The number of rotatable bonds is 7. The maximum atomic E-state index is 8.43. The maximum Gasteiger partial charge on any atom is 0.315 e. The summed E-state index contributed by atoms with van der Waals surface area (Å²) in [6.07, 6.45) is 2.52. The number of aromatic nitrogens is 2. The number of hydrogen-bond donors (Lipinski definition) is 1. The monoisotopic (exact) mass is 258 g/mol. The van der Waals surface area contributed by atoms with Gasteiger partial charge in [0.15, 0.2) is 0 Å². The van der Waals surface area contributed by atoms with E-state index in [0.29, 0.717) is 25.6 Å². The zero-order chi connectivity index (χ0) is 13.3. The lowest BCUT2D eigenvalue weighted by molar-refractivity contribution is 0.312. The molecule has 0 atom stereocenters. The molecule has 2 rings (SSSR count). The Bertz CT molecular complexity index is 534. The van der Waals surface area contributed by atoms with Crippen LogP contribution in [0.15, 0.2) is 35.1 Å². The minimum atomic E-state index is 0.389. The molecule has 2 aromatic rings. The first-order valence-corrected chi connectivity index (χ1v) is 5.97. The lowest BCUT2D eigenvalue weighted by Crippen LogP contribution is -2.01. The zero-order valence-electron chi connectivity index (χ0n) is 10.4. The summed E-state index contributed by atoms with van der Waals surface area (Å²) < 4.78 is 10.5. The number of nitriles is 1.